The van der Waals surface area contributed by atoms with Crippen LogP contribution in [0.25, 0.3) is 10.2 Å². The van der Waals surface area contributed by atoms with E-state index in [-0.39, 0.29) is 23.3 Å². The predicted molar refractivity (Wildman–Crippen MR) is 116 cm³/mol. The van der Waals surface area contributed by atoms with Crippen LogP contribution in [0.4, 0.5) is 5.82 Å². The number of amides is 2. The monoisotopic (exact) mass is 425 g/mol. The van der Waals surface area contributed by atoms with Crippen molar-refractivity contribution in [2.24, 2.45) is 13.0 Å². The number of aryl methyl sites for hydroxylation is 3. The molecular formula is C21H23N5O3S. The van der Waals surface area contributed by atoms with Gasteiger partial charge in [-0.2, -0.15) is 0 Å². The number of thiophene rings is 1. The number of hydrogen-bond acceptors (Lipinski definition) is 6. The highest BCUT2D eigenvalue weighted by atomic mass is 32.1. The molecule has 1 N–H and O–H groups in total. The van der Waals surface area contributed by atoms with Crippen molar-refractivity contribution >= 4 is 39.2 Å². The van der Waals surface area contributed by atoms with Gasteiger partial charge in [0.1, 0.15) is 10.6 Å². The van der Waals surface area contributed by atoms with Crippen molar-refractivity contribution in [3.63, 3.8) is 0 Å². The average Bonchev–Trinajstić information content (AvgIpc) is 3.07. The first-order chi connectivity index (χ1) is 14.3. The van der Waals surface area contributed by atoms with Gasteiger partial charge in [0.25, 0.3) is 11.5 Å². The summed E-state index contributed by atoms with van der Waals surface area (Å²) in [7, 11) is 1.64. The van der Waals surface area contributed by atoms with Gasteiger partial charge in [-0.1, -0.05) is 6.07 Å². The van der Waals surface area contributed by atoms with Crippen LogP contribution in [0.5, 0.6) is 0 Å². The van der Waals surface area contributed by atoms with E-state index in [1.807, 2.05) is 19.1 Å². The largest absolute Gasteiger partial charge is 0.337 e. The summed E-state index contributed by atoms with van der Waals surface area (Å²) in [5.74, 6) is -0.0608. The van der Waals surface area contributed by atoms with E-state index in [4.69, 9.17) is 0 Å². The van der Waals surface area contributed by atoms with E-state index in [0.29, 0.717) is 39.6 Å². The molecule has 2 amide bonds. The lowest BCUT2D eigenvalue weighted by Crippen LogP contribution is -2.43. The minimum Gasteiger partial charge on any atom is -0.337 e. The number of nitrogens with one attached hydrogen (secondary N) is 1. The molecule has 0 aromatic carbocycles. The number of carbonyl (C=O) groups excluding carboxylic acids is 2. The molecule has 4 heterocycles. The van der Waals surface area contributed by atoms with Crippen LogP contribution in [0.1, 0.15) is 33.8 Å². The van der Waals surface area contributed by atoms with E-state index >= 15 is 0 Å². The molecule has 1 unspecified atom stereocenters. The minimum atomic E-state index is -0.300. The van der Waals surface area contributed by atoms with Gasteiger partial charge in [-0.25, -0.2) is 9.97 Å². The van der Waals surface area contributed by atoms with Crippen LogP contribution < -0.4 is 10.9 Å². The summed E-state index contributed by atoms with van der Waals surface area (Å²) in [5.41, 5.74) is 1.33. The molecule has 1 fully saturated rings. The molecule has 1 saturated heterocycles. The summed E-state index contributed by atoms with van der Waals surface area (Å²) < 4.78 is 1.41. The molecule has 0 aliphatic carbocycles. The summed E-state index contributed by atoms with van der Waals surface area (Å²) in [6.07, 6.45) is 2.93. The Balaban J connectivity index is 1.53. The van der Waals surface area contributed by atoms with E-state index in [0.717, 1.165) is 18.5 Å². The highest BCUT2D eigenvalue weighted by Crippen LogP contribution is 2.29. The summed E-state index contributed by atoms with van der Waals surface area (Å²) in [5, 5.41) is 3.35. The molecule has 1 atom stereocenters. The fourth-order valence-electron chi connectivity index (χ4n) is 3.77. The quantitative estimate of drug-likeness (QED) is 0.695. The van der Waals surface area contributed by atoms with Crippen LogP contribution in [0, 0.1) is 19.8 Å². The molecule has 0 saturated carbocycles. The maximum Gasteiger partial charge on any atom is 0.264 e. The van der Waals surface area contributed by atoms with Gasteiger partial charge in [0.15, 0.2) is 0 Å². The van der Waals surface area contributed by atoms with Crippen molar-refractivity contribution in [1.82, 2.24) is 19.4 Å². The van der Waals surface area contributed by atoms with Crippen molar-refractivity contribution in [2.45, 2.75) is 26.7 Å². The number of hydrogen-bond donors (Lipinski definition) is 1. The number of likely N-dealkylation sites (tertiary alicyclic amines) is 1. The van der Waals surface area contributed by atoms with Crippen LogP contribution in [0.2, 0.25) is 0 Å². The van der Waals surface area contributed by atoms with Gasteiger partial charge in [-0.15, -0.1) is 11.3 Å². The van der Waals surface area contributed by atoms with E-state index in [1.165, 1.54) is 22.2 Å². The Hall–Kier alpha value is -3.07. The summed E-state index contributed by atoms with van der Waals surface area (Å²) >= 11 is 1.24. The van der Waals surface area contributed by atoms with Gasteiger partial charge >= 0.3 is 0 Å². The van der Waals surface area contributed by atoms with Crippen LogP contribution in [-0.4, -0.2) is 44.3 Å². The molecule has 3 aromatic heterocycles. The first kappa shape index (κ1) is 20.2. The first-order valence-electron chi connectivity index (χ1n) is 9.83. The Morgan fingerprint density at radius 1 is 1.27 bits per heavy atom. The van der Waals surface area contributed by atoms with Gasteiger partial charge in [-0.05, 0) is 44.4 Å². The Kier molecular flexibility index (Phi) is 5.38. The first-order valence-corrected chi connectivity index (χ1v) is 10.7. The second kappa shape index (κ2) is 7.98. The fourth-order valence-corrected chi connectivity index (χ4v) is 4.88. The lowest BCUT2D eigenvalue weighted by atomic mass is 9.96. The van der Waals surface area contributed by atoms with Gasteiger partial charge in [0.05, 0.1) is 22.5 Å². The zero-order valence-electron chi connectivity index (χ0n) is 17.1. The third-order valence-corrected chi connectivity index (χ3v) is 6.61. The fraction of sp³-hybridized carbons (Fsp3) is 0.381. The van der Waals surface area contributed by atoms with Gasteiger partial charge < -0.3 is 14.8 Å². The molecule has 0 radical (unpaired) electrons. The van der Waals surface area contributed by atoms with E-state index in [1.54, 1.807) is 24.9 Å². The topological polar surface area (TPSA) is 97.2 Å². The number of aromatic nitrogens is 3. The van der Waals surface area contributed by atoms with Crippen LogP contribution in [0.3, 0.4) is 0 Å². The molecule has 156 valence electrons. The molecule has 0 spiro atoms. The zero-order chi connectivity index (χ0) is 21.4. The standard InChI is InChI=1S/C21H23N5O3S/c1-12-6-4-8-15(23-12)24-18(27)14-7-5-9-26(10-14)21(29)17-13(2)16-19(30-17)22-11-25(3)20(16)28/h4,6,8,11,14H,5,7,9-10H2,1-3H3,(H,23,24,27). The maximum atomic E-state index is 13.2. The van der Waals surface area contributed by atoms with Crippen molar-refractivity contribution in [3.05, 3.63) is 51.0 Å². The molecule has 30 heavy (non-hydrogen) atoms. The van der Waals surface area contributed by atoms with Crippen LogP contribution >= 0.6 is 11.3 Å². The minimum absolute atomic E-state index is 0.130. The number of fused-ring (bicyclic) bond motifs is 1. The van der Waals surface area contributed by atoms with Crippen LogP contribution in [-0.2, 0) is 11.8 Å². The molecule has 1 aliphatic rings. The number of anilines is 1. The lowest BCUT2D eigenvalue weighted by molar-refractivity contribution is -0.121. The maximum absolute atomic E-state index is 13.2. The summed E-state index contributed by atoms with van der Waals surface area (Å²) in [6, 6.07) is 5.47. The number of nitrogens with zero attached hydrogens (tertiary/aromatic N) is 4. The summed E-state index contributed by atoms with van der Waals surface area (Å²) in [4.78, 5) is 49.8. The van der Waals surface area contributed by atoms with Crippen molar-refractivity contribution in [2.75, 3.05) is 18.4 Å². The number of rotatable bonds is 3. The summed E-state index contributed by atoms with van der Waals surface area (Å²) in [6.45, 7) is 4.58. The Morgan fingerprint density at radius 3 is 2.83 bits per heavy atom. The lowest BCUT2D eigenvalue weighted by Gasteiger charge is -2.31. The second-order valence-electron chi connectivity index (χ2n) is 7.64. The number of pyridine rings is 1. The average molecular weight is 426 g/mol. The van der Waals surface area contributed by atoms with Crippen molar-refractivity contribution < 1.29 is 9.59 Å². The Bertz CT molecular complexity index is 1200. The van der Waals surface area contributed by atoms with E-state index in [2.05, 4.69) is 15.3 Å². The van der Waals surface area contributed by atoms with Crippen molar-refractivity contribution in [1.29, 1.82) is 0 Å². The number of carbonyl (C=O) groups is 2. The molecule has 0 bridgehead atoms. The molecule has 8 nitrogen and oxygen atoms in total. The highest BCUT2D eigenvalue weighted by molar-refractivity contribution is 7.20. The molecule has 3 aromatic rings. The van der Waals surface area contributed by atoms with Crippen LogP contribution in [0.15, 0.2) is 29.3 Å². The van der Waals surface area contributed by atoms with Crippen molar-refractivity contribution in [3.8, 4) is 0 Å². The van der Waals surface area contributed by atoms with Gasteiger partial charge in [-0.3, -0.25) is 14.4 Å². The third-order valence-electron chi connectivity index (χ3n) is 5.42. The predicted octanol–water partition coefficient (Wildman–Crippen LogP) is 2.50. The van der Waals surface area contributed by atoms with Gasteiger partial charge in [0.2, 0.25) is 5.91 Å². The molecule has 9 heteroatoms. The SMILES string of the molecule is Cc1cccc(NC(=O)C2CCCN(C(=O)c3sc4ncn(C)c(=O)c4c3C)C2)n1. The highest BCUT2D eigenvalue weighted by Gasteiger charge is 2.31. The smallest absolute Gasteiger partial charge is 0.264 e. The zero-order valence-corrected chi connectivity index (χ0v) is 18.0. The third kappa shape index (κ3) is 3.72. The molecule has 1 aliphatic heterocycles. The molecule has 4 rings (SSSR count). The molecular weight excluding hydrogens is 402 g/mol. The Morgan fingerprint density at radius 2 is 2.07 bits per heavy atom. The number of piperidine rings is 1. The normalized spacial score (nSPS) is 16.6. The van der Waals surface area contributed by atoms with Gasteiger partial charge in [0, 0.05) is 25.8 Å². The Labute approximate surface area is 177 Å². The van der Waals surface area contributed by atoms with E-state index in [9.17, 15) is 14.4 Å². The van der Waals surface area contributed by atoms with E-state index < -0.39 is 0 Å². The second-order valence-corrected chi connectivity index (χ2v) is 8.64.